The van der Waals surface area contributed by atoms with Gasteiger partial charge >= 0.3 is 24.4 Å². The highest BCUT2D eigenvalue weighted by Gasteiger charge is 2.64. The lowest BCUT2D eigenvalue weighted by Gasteiger charge is -2.38. The van der Waals surface area contributed by atoms with Gasteiger partial charge < -0.3 is 19.4 Å². The number of rotatable bonds is 5. The van der Waals surface area contributed by atoms with Crippen molar-refractivity contribution in [1.29, 1.82) is 0 Å². The van der Waals surface area contributed by atoms with E-state index in [0.29, 0.717) is 0 Å². The number of benzene rings is 1. The molecule has 1 N–H and O–H groups in total. The van der Waals surface area contributed by atoms with Crippen LogP contribution in [0.1, 0.15) is 34.7 Å². The van der Waals surface area contributed by atoms with Crippen LogP contribution >= 0.6 is 0 Å². The number of hydrogen-bond acceptors (Lipinski definition) is 6. The second-order valence-electron chi connectivity index (χ2n) is 7.75. The van der Waals surface area contributed by atoms with Crippen molar-refractivity contribution in [3.63, 3.8) is 0 Å². The molecule has 0 bridgehead atoms. The second-order valence-corrected chi connectivity index (χ2v) is 7.75. The first-order valence-electron chi connectivity index (χ1n) is 9.89. The Kier molecular flexibility index (Phi) is 6.19. The number of alkyl halides is 7. The van der Waals surface area contributed by atoms with Gasteiger partial charge in [-0.25, -0.2) is 4.39 Å². The molecule has 2 aliphatic heterocycles. The lowest BCUT2D eigenvalue weighted by atomic mass is 10.0. The minimum Gasteiger partial charge on any atom is -0.415 e. The van der Waals surface area contributed by atoms with Gasteiger partial charge in [0, 0.05) is 23.3 Å². The van der Waals surface area contributed by atoms with Crippen molar-refractivity contribution in [2.45, 2.75) is 43.6 Å². The summed E-state index contributed by atoms with van der Waals surface area (Å²) in [7, 11) is 0. The molecule has 0 spiro atoms. The van der Waals surface area contributed by atoms with E-state index in [4.69, 9.17) is 9.15 Å². The Morgan fingerprint density at radius 3 is 2.51 bits per heavy atom. The average molecular weight is 514 g/mol. The van der Waals surface area contributed by atoms with Gasteiger partial charge in [0.1, 0.15) is 5.82 Å². The maximum Gasteiger partial charge on any atom is 0.463 e. The fourth-order valence-corrected chi connectivity index (χ4v) is 3.84. The van der Waals surface area contributed by atoms with Crippen molar-refractivity contribution in [1.82, 2.24) is 20.4 Å². The molecule has 190 valence electrons. The van der Waals surface area contributed by atoms with E-state index < -0.39 is 66.6 Å². The maximum absolute atomic E-state index is 14.8. The van der Waals surface area contributed by atoms with Crippen molar-refractivity contribution in [2.24, 2.45) is 0 Å². The van der Waals surface area contributed by atoms with Crippen LogP contribution in [-0.2, 0) is 16.1 Å². The van der Waals surface area contributed by atoms with Crippen LogP contribution in [0.5, 0.6) is 0 Å². The highest BCUT2D eigenvalue weighted by molar-refractivity contribution is 5.99. The molecule has 2 aromatic rings. The summed E-state index contributed by atoms with van der Waals surface area (Å²) in [5.74, 6) is -11.6. The zero-order valence-electron chi connectivity index (χ0n) is 17.2. The number of nitrogens with one attached hydrogen (secondary N) is 1. The number of amides is 2. The Balaban J connectivity index is 1.58. The standard InChI is InChI=1S/C19H14F8N4O4/c20-10-4-7(14-29-30-15(35-14)13(21)22)3-8-9(10)5-31(16(8)32)12-1-2-34-6-11(12)28-17(33)18(23,24)19(25,26)27/h3-4,11-13H,1-2,5-6H2,(H,28,33)/t11-,12+/m0/s1. The van der Waals surface area contributed by atoms with Gasteiger partial charge in [-0.15, -0.1) is 10.2 Å². The SMILES string of the molecule is O=C1c2cc(-c3nnc(C(F)F)o3)cc(F)c2CN1[C@@H]1CCOC[C@@H]1NC(=O)C(F)(F)C(F)(F)F. The number of carbonyl (C=O) groups excluding carboxylic acids is 2. The smallest absolute Gasteiger partial charge is 0.415 e. The zero-order valence-corrected chi connectivity index (χ0v) is 17.2. The zero-order chi connectivity index (χ0) is 25.7. The van der Waals surface area contributed by atoms with Crippen molar-refractivity contribution in [3.8, 4) is 11.5 Å². The van der Waals surface area contributed by atoms with Crippen molar-refractivity contribution < 1.29 is 53.9 Å². The summed E-state index contributed by atoms with van der Waals surface area (Å²) in [5, 5.41) is 8.08. The summed E-state index contributed by atoms with van der Waals surface area (Å²) < 4.78 is 114. The van der Waals surface area contributed by atoms with E-state index >= 15 is 0 Å². The van der Waals surface area contributed by atoms with Crippen LogP contribution in [0.3, 0.4) is 0 Å². The number of nitrogens with zero attached hydrogens (tertiary/aromatic N) is 3. The molecule has 16 heteroatoms. The first-order valence-corrected chi connectivity index (χ1v) is 9.89. The fraction of sp³-hybridized carbons (Fsp3) is 0.474. The number of aromatic nitrogens is 2. The van der Waals surface area contributed by atoms with Crippen LogP contribution in [0.4, 0.5) is 35.1 Å². The summed E-state index contributed by atoms with van der Waals surface area (Å²) in [6.07, 6.45) is -9.28. The molecule has 1 saturated heterocycles. The molecule has 35 heavy (non-hydrogen) atoms. The molecule has 0 unspecified atom stereocenters. The third-order valence-electron chi connectivity index (χ3n) is 5.57. The van der Waals surface area contributed by atoms with Crippen LogP contribution < -0.4 is 5.32 Å². The second kappa shape index (κ2) is 8.73. The lowest BCUT2D eigenvalue weighted by molar-refractivity contribution is -0.270. The first-order chi connectivity index (χ1) is 16.3. The molecular weight excluding hydrogens is 500 g/mol. The van der Waals surface area contributed by atoms with Gasteiger partial charge in [0.05, 0.1) is 25.2 Å². The van der Waals surface area contributed by atoms with Crippen LogP contribution in [0.25, 0.3) is 11.5 Å². The van der Waals surface area contributed by atoms with Crippen LogP contribution in [0, 0.1) is 5.82 Å². The first kappa shape index (κ1) is 24.8. The van der Waals surface area contributed by atoms with E-state index in [1.165, 1.54) is 0 Å². The minimum atomic E-state index is -6.14. The van der Waals surface area contributed by atoms with E-state index in [2.05, 4.69) is 10.2 Å². The van der Waals surface area contributed by atoms with Gasteiger partial charge in [-0.3, -0.25) is 9.59 Å². The van der Waals surface area contributed by atoms with Crippen LogP contribution in [0.2, 0.25) is 0 Å². The summed E-state index contributed by atoms with van der Waals surface area (Å²) >= 11 is 0. The van der Waals surface area contributed by atoms with Gasteiger partial charge in [-0.05, 0) is 18.6 Å². The molecule has 8 nitrogen and oxygen atoms in total. The van der Waals surface area contributed by atoms with Crippen LogP contribution in [-0.4, -0.2) is 64.3 Å². The lowest BCUT2D eigenvalue weighted by Crippen LogP contribution is -2.61. The van der Waals surface area contributed by atoms with Gasteiger partial charge in [0.15, 0.2) is 0 Å². The molecule has 2 atom stereocenters. The molecule has 1 aromatic carbocycles. The van der Waals surface area contributed by atoms with Gasteiger partial charge in [-0.2, -0.15) is 30.7 Å². The number of ether oxygens (including phenoxy) is 1. The van der Waals surface area contributed by atoms with Gasteiger partial charge in [0.2, 0.25) is 5.89 Å². The number of hydrogen-bond donors (Lipinski definition) is 1. The van der Waals surface area contributed by atoms with E-state index in [0.717, 1.165) is 17.0 Å². The summed E-state index contributed by atoms with van der Waals surface area (Å²) in [6.45, 7) is -0.880. The van der Waals surface area contributed by atoms with Gasteiger partial charge in [0.25, 0.3) is 11.8 Å². The minimum absolute atomic E-state index is 0.0149. The number of carbonyl (C=O) groups is 2. The topological polar surface area (TPSA) is 97.6 Å². The largest absolute Gasteiger partial charge is 0.463 e. The molecule has 4 rings (SSSR count). The molecule has 3 heterocycles. The van der Waals surface area contributed by atoms with E-state index in [9.17, 15) is 44.7 Å². The monoisotopic (exact) mass is 514 g/mol. The molecule has 0 saturated carbocycles. The Morgan fingerprint density at radius 2 is 1.89 bits per heavy atom. The normalized spacial score (nSPS) is 20.9. The van der Waals surface area contributed by atoms with Crippen molar-refractivity contribution in [3.05, 3.63) is 35.0 Å². The molecule has 0 aliphatic carbocycles. The Bertz CT molecular complexity index is 1150. The molecule has 2 aliphatic rings. The predicted molar refractivity (Wildman–Crippen MR) is 96.7 cm³/mol. The molecule has 1 aromatic heterocycles. The summed E-state index contributed by atoms with van der Waals surface area (Å²) in [4.78, 5) is 25.7. The molecule has 0 radical (unpaired) electrons. The Labute approximate surface area is 190 Å². The van der Waals surface area contributed by atoms with Crippen molar-refractivity contribution >= 4 is 11.8 Å². The predicted octanol–water partition coefficient (Wildman–Crippen LogP) is 3.24. The summed E-state index contributed by atoms with van der Waals surface area (Å²) in [6, 6.07) is -0.581. The van der Waals surface area contributed by atoms with E-state index in [-0.39, 0.29) is 36.3 Å². The summed E-state index contributed by atoms with van der Waals surface area (Å²) in [5.41, 5.74) is -0.545. The van der Waals surface area contributed by atoms with E-state index in [1.54, 1.807) is 5.32 Å². The highest BCUT2D eigenvalue weighted by atomic mass is 19.4. The Morgan fingerprint density at radius 1 is 1.17 bits per heavy atom. The third-order valence-corrected chi connectivity index (χ3v) is 5.57. The van der Waals surface area contributed by atoms with Crippen LogP contribution in [0.15, 0.2) is 16.5 Å². The van der Waals surface area contributed by atoms with E-state index in [1.807, 2.05) is 0 Å². The molecular formula is C19H14F8N4O4. The fourth-order valence-electron chi connectivity index (χ4n) is 3.84. The third kappa shape index (κ3) is 4.41. The average Bonchev–Trinajstić information content (AvgIpc) is 3.39. The maximum atomic E-state index is 14.8. The molecule has 2 amide bonds. The molecule has 1 fully saturated rings. The van der Waals surface area contributed by atoms with Crippen molar-refractivity contribution in [2.75, 3.05) is 13.2 Å². The highest BCUT2D eigenvalue weighted by Crippen LogP contribution is 2.37. The quantitative estimate of drug-likeness (QED) is 0.616. The number of fused-ring (bicyclic) bond motifs is 1. The Hall–Kier alpha value is -3.30. The van der Waals surface area contributed by atoms with Gasteiger partial charge in [-0.1, -0.05) is 0 Å². The number of halogens is 8.